The number of ether oxygens (including phenoxy) is 1. The van der Waals surface area contributed by atoms with Crippen LogP contribution >= 0.6 is 0 Å². The summed E-state index contributed by atoms with van der Waals surface area (Å²) in [5.74, 6) is -0.974. The number of hydrogen-bond donors (Lipinski definition) is 2. The quantitative estimate of drug-likeness (QED) is 0.637. The summed E-state index contributed by atoms with van der Waals surface area (Å²) in [5, 5.41) is 9.06. The summed E-state index contributed by atoms with van der Waals surface area (Å²) in [6.45, 7) is 7.65. The zero-order valence-electron chi connectivity index (χ0n) is 12.9. The molecular weight excluding hydrogens is 282 g/mol. The van der Waals surface area contributed by atoms with Crippen LogP contribution in [-0.2, 0) is 19.6 Å². The van der Waals surface area contributed by atoms with E-state index >= 15 is 0 Å². The zero-order valence-corrected chi connectivity index (χ0v) is 13.7. The molecule has 120 valence electrons. The van der Waals surface area contributed by atoms with Crippen LogP contribution in [0.1, 0.15) is 40.5 Å². The van der Waals surface area contributed by atoms with Crippen LogP contribution in [-0.4, -0.2) is 44.5 Å². The highest BCUT2D eigenvalue weighted by atomic mass is 32.2. The van der Waals surface area contributed by atoms with Crippen molar-refractivity contribution in [1.82, 2.24) is 4.72 Å². The minimum Gasteiger partial charge on any atom is -0.480 e. The van der Waals surface area contributed by atoms with E-state index in [1.165, 1.54) is 7.11 Å². The monoisotopic (exact) mass is 309 g/mol. The zero-order chi connectivity index (χ0) is 15.9. The molecule has 0 spiro atoms. The van der Waals surface area contributed by atoms with Crippen molar-refractivity contribution in [2.45, 2.75) is 52.7 Å². The van der Waals surface area contributed by atoms with E-state index in [1.807, 2.05) is 27.7 Å². The average Bonchev–Trinajstić information content (AvgIpc) is 2.24. The van der Waals surface area contributed by atoms with Crippen molar-refractivity contribution >= 4 is 16.0 Å². The Hall–Kier alpha value is -0.660. The fraction of sp³-hybridized carbons (Fsp3) is 0.923. The van der Waals surface area contributed by atoms with Gasteiger partial charge in [0.2, 0.25) is 10.0 Å². The molecule has 6 nitrogen and oxygen atoms in total. The van der Waals surface area contributed by atoms with Crippen LogP contribution in [0.3, 0.4) is 0 Å². The molecule has 7 heteroatoms. The van der Waals surface area contributed by atoms with Crippen LogP contribution in [0, 0.1) is 11.8 Å². The lowest BCUT2D eigenvalue weighted by Crippen LogP contribution is -2.44. The molecule has 0 fully saturated rings. The molecule has 2 atom stereocenters. The number of hydrogen-bond acceptors (Lipinski definition) is 4. The summed E-state index contributed by atoms with van der Waals surface area (Å²) in [7, 11) is -2.22. The molecule has 0 aromatic carbocycles. The Labute approximate surface area is 121 Å². The fourth-order valence-electron chi connectivity index (χ4n) is 1.94. The van der Waals surface area contributed by atoms with Crippen molar-refractivity contribution in [3.8, 4) is 0 Å². The summed E-state index contributed by atoms with van der Waals surface area (Å²) in [4.78, 5) is 11.1. The highest BCUT2D eigenvalue weighted by molar-refractivity contribution is 7.89. The van der Waals surface area contributed by atoms with Crippen LogP contribution in [0.4, 0.5) is 0 Å². The fourth-order valence-corrected chi connectivity index (χ4v) is 3.43. The molecule has 0 saturated heterocycles. The van der Waals surface area contributed by atoms with Crippen LogP contribution in [0.25, 0.3) is 0 Å². The molecule has 0 saturated carbocycles. The van der Waals surface area contributed by atoms with E-state index < -0.39 is 28.1 Å². The van der Waals surface area contributed by atoms with E-state index in [9.17, 15) is 13.2 Å². The van der Waals surface area contributed by atoms with Crippen molar-refractivity contribution in [3.05, 3.63) is 0 Å². The molecule has 0 heterocycles. The lowest BCUT2D eigenvalue weighted by Gasteiger charge is -2.20. The van der Waals surface area contributed by atoms with E-state index in [0.29, 0.717) is 12.3 Å². The van der Waals surface area contributed by atoms with Gasteiger partial charge >= 0.3 is 5.97 Å². The maximum Gasteiger partial charge on any atom is 0.321 e. The molecule has 0 bridgehead atoms. The largest absolute Gasteiger partial charge is 0.480 e. The number of rotatable bonds is 10. The Balaban J connectivity index is 4.73. The van der Waals surface area contributed by atoms with E-state index in [1.54, 1.807) is 0 Å². The second-order valence-corrected chi connectivity index (χ2v) is 7.71. The van der Waals surface area contributed by atoms with Gasteiger partial charge < -0.3 is 9.84 Å². The minimum atomic E-state index is -3.68. The van der Waals surface area contributed by atoms with Gasteiger partial charge in [0.25, 0.3) is 0 Å². The maximum atomic E-state index is 12.0. The Morgan fingerprint density at radius 1 is 1.15 bits per heavy atom. The molecular formula is C13H27NO5S. The van der Waals surface area contributed by atoms with Gasteiger partial charge in [0.05, 0.1) is 11.9 Å². The number of carbonyl (C=O) groups is 1. The van der Waals surface area contributed by atoms with E-state index in [-0.39, 0.29) is 18.1 Å². The topological polar surface area (TPSA) is 92.7 Å². The standard InChI is InChI=1S/C13H27NO5S/c1-9(2)6-11(19-5)8-20(17,18)14-12(13(15)16)7-10(3)4/h9-12,14H,6-8H2,1-5H3,(H,15,16)/t11?,12-/m1/s1. The predicted octanol–water partition coefficient (Wildman–Crippen LogP) is 1.47. The van der Waals surface area contributed by atoms with Gasteiger partial charge in [0, 0.05) is 7.11 Å². The van der Waals surface area contributed by atoms with Crippen LogP contribution < -0.4 is 4.72 Å². The van der Waals surface area contributed by atoms with Crippen molar-refractivity contribution in [1.29, 1.82) is 0 Å². The summed E-state index contributed by atoms with van der Waals surface area (Å²) < 4.78 is 31.5. The first-order chi connectivity index (χ1) is 9.07. The Bertz CT molecular complexity index is 392. The number of carboxylic acid groups (broad SMARTS) is 1. The molecule has 20 heavy (non-hydrogen) atoms. The Morgan fingerprint density at radius 3 is 2.00 bits per heavy atom. The second-order valence-electron chi connectivity index (χ2n) is 5.91. The Kier molecular flexibility index (Phi) is 8.30. The molecule has 1 unspecified atom stereocenters. The molecule has 2 N–H and O–H groups in total. The van der Waals surface area contributed by atoms with E-state index in [2.05, 4.69) is 4.72 Å². The average molecular weight is 309 g/mol. The third-order valence-electron chi connectivity index (χ3n) is 2.80. The van der Waals surface area contributed by atoms with Gasteiger partial charge in [-0.1, -0.05) is 27.7 Å². The summed E-state index contributed by atoms with van der Waals surface area (Å²) >= 11 is 0. The summed E-state index contributed by atoms with van der Waals surface area (Å²) in [5.41, 5.74) is 0. The van der Waals surface area contributed by atoms with Gasteiger partial charge in [-0.25, -0.2) is 13.1 Å². The number of methoxy groups -OCH3 is 1. The molecule has 0 aromatic heterocycles. The van der Waals surface area contributed by atoms with E-state index in [0.717, 1.165) is 0 Å². The van der Waals surface area contributed by atoms with Gasteiger partial charge in [-0.3, -0.25) is 4.79 Å². The lowest BCUT2D eigenvalue weighted by molar-refractivity contribution is -0.139. The number of sulfonamides is 1. The summed E-state index contributed by atoms with van der Waals surface area (Å²) in [6.07, 6.45) is 0.441. The minimum absolute atomic E-state index is 0.0905. The van der Waals surface area contributed by atoms with Crippen LogP contribution in [0.5, 0.6) is 0 Å². The smallest absolute Gasteiger partial charge is 0.321 e. The first-order valence-electron chi connectivity index (χ1n) is 6.83. The van der Waals surface area contributed by atoms with Crippen LogP contribution in [0.2, 0.25) is 0 Å². The highest BCUT2D eigenvalue weighted by Crippen LogP contribution is 2.11. The first kappa shape index (κ1) is 19.3. The second kappa shape index (κ2) is 8.59. The van der Waals surface area contributed by atoms with Gasteiger partial charge in [0.1, 0.15) is 6.04 Å². The SMILES string of the molecule is COC(CC(C)C)CS(=O)(=O)N[C@H](CC(C)C)C(=O)O. The molecule has 0 aliphatic carbocycles. The third kappa shape index (κ3) is 8.50. The predicted molar refractivity (Wildman–Crippen MR) is 78.1 cm³/mol. The molecule has 0 rings (SSSR count). The third-order valence-corrected chi connectivity index (χ3v) is 4.25. The van der Waals surface area contributed by atoms with Crippen molar-refractivity contribution in [2.24, 2.45) is 11.8 Å². The van der Waals surface area contributed by atoms with Crippen molar-refractivity contribution < 1.29 is 23.1 Å². The van der Waals surface area contributed by atoms with Gasteiger partial charge in [-0.2, -0.15) is 0 Å². The molecule has 0 aromatic rings. The molecule has 0 radical (unpaired) electrons. The van der Waals surface area contributed by atoms with E-state index in [4.69, 9.17) is 9.84 Å². The molecule has 0 aliphatic heterocycles. The van der Waals surface area contributed by atoms with Gasteiger partial charge in [-0.05, 0) is 24.7 Å². The van der Waals surface area contributed by atoms with Gasteiger partial charge in [0.15, 0.2) is 0 Å². The maximum absolute atomic E-state index is 12.0. The number of nitrogens with one attached hydrogen (secondary N) is 1. The summed E-state index contributed by atoms with van der Waals surface area (Å²) in [6, 6.07) is -1.09. The molecule has 0 amide bonds. The van der Waals surface area contributed by atoms with Crippen molar-refractivity contribution in [3.63, 3.8) is 0 Å². The normalized spacial score (nSPS) is 15.6. The highest BCUT2D eigenvalue weighted by Gasteiger charge is 2.27. The van der Waals surface area contributed by atoms with Gasteiger partial charge in [-0.15, -0.1) is 0 Å². The number of aliphatic carboxylic acids is 1. The van der Waals surface area contributed by atoms with Crippen LogP contribution in [0.15, 0.2) is 0 Å². The first-order valence-corrected chi connectivity index (χ1v) is 8.48. The molecule has 0 aliphatic rings. The Morgan fingerprint density at radius 2 is 1.65 bits per heavy atom. The number of carboxylic acids is 1. The lowest BCUT2D eigenvalue weighted by atomic mass is 10.1. The van der Waals surface area contributed by atoms with Crippen molar-refractivity contribution in [2.75, 3.05) is 12.9 Å².